The Hall–Kier alpha value is -1.36. The molecule has 32 heavy (non-hydrogen) atoms. The van der Waals surface area contributed by atoms with Gasteiger partial charge in [0.15, 0.2) is 0 Å². The second-order valence-corrected chi connectivity index (χ2v) is 12.4. The average molecular weight is 443 g/mol. The maximum Gasteiger partial charge on any atom is 0.303 e. The minimum absolute atomic E-state index is 0.217. The summed E-state index contributed by atoms with van der Waals surface area (Å²) in [6.45, 7) is 9.56. The number of hydrogen-bond acceptors (Lipinski definition) is 3. The van der Waals surface area contributed by atoms with E-state index < -0.39 is 5.97 Å². The van der Waals surface area contributed by atoms with Gasteiger partial charge in [-0.15, -0.1) is 0 Å². The number of nitrogens with zero attached hydrogens (tertiary/aromatic N) is 1. The summed E-state index contributed by atoms with van der Waals surface area (Å²) in [7, 11) is 0. The first-order chi connectivity index (χ1) is 15.2. The van der Waals surface area contributed by atoms with E-state index in [1.807, 2.05) is 6.20 Å². The Bertz CT molecular complexity index is 867. The molecule has 1 aromatic rings. The Balaban J connectivity index is 1.46. The summed E-state index contributed by atoms with van der Waals surface area (Å²) in [5, 5.41) is 28.7. The van der Waals surface area contributed by atoms with Crippen molar-refractivity contribution in [2.75, 3.05) is 0 Å². The van der Waals surface area contributed by atoms with Gasteiger partial charge in [0.1, 0.15) is 0 Å². The highest BCUT2D eigenvalue weighted by atomic mass is 16.4. The number of aliphatic carboxylic acids is 1. The molecule has 0 aliphatic heterocycles. The quantitative estimate of drug-likeness (QED) is 0.593. The summed E-state index contributed by atoms with van der Waals surface area (Å²) in [4.78, 5) is 11.2. The highest BCUT2D eigenvalue weighted by Gasteiger charge is 2.64. The van der Waals surface area contributed by atoms with Crippen molar-refractivity contribution in [1.82, 2.24) is 10.2 Å². The zero-order valence-corrected chi connectivity index (χ0v) is 20.3. The highest BCUT2D eigenvalue weighted by Crippen LogP contribution is 2.69. The number of carboxylic acids is 1. The predicted octanol–water partition coefficient (Wildman–Crippen LogP) is 5.09. The van der Waals surface area contributed by atoms with Gasteiger partial charge >= 0.3 is 5.97 Å². The van der Waals surface area contributed by atoms with Gasteiger partial charge in [-0.1, -0.05) is 34.1 Å². The van der Waals surface area contributed by atoms with Crippen molar-refractivity contribution >= 4 is 5.97 Å². The molecule has 4 aliphatic rings. The minimum atomic E-state index is -0.677. The molecule has 1 heterocycles. The van der Waals surface area contributed by atoms with E-state index in [0.29, 0.717) is 41.4 Å². The summed E-state index contributed by atoms with van der Waals surface area (Å²) >= 11 is 0. The van der Waals surface area contributed by atoms with Crippen LogP contribution in [0.3, 0.4) is 0 Å². The van der Waals surface area contributed by atoms with Crippen molar-refractivity contribution in [3.63, 3.8) is 0 Å². The number of aromatic amines is 1. The second-order valence-electron chi connectivity index (χ2n) is 12.4. The number of carboxylic acid groups (broad SMARTS) is 1. The van der Waals surface area contributed by atoms with E-state index in [0.717, 1.165) is 25.7 Å². The molecule has 0 aromatic carbocycles. The maximum atomic E-state index is 11.9. The van der Waals surface area contributed by atoms with Crippen LogP contribution in [0.15, 0.2) is 6.20 Å². The second kappa shape index (κ2) is 7.85. The van der Waals surface area contributed by atoms with Crippen molar-refractivity contribution in [3.8, 4) is 0 Å². The van der Waals surface area contributed by atoms with Gasteiger partial charge < -0.3 is 10.2 Å². The molecule has 3 N–H and O–H groups in total. The van der Waals surface area contributed by atoms with E-state index in [4.69, 9.17) is 0 Å². The summed E-state index contributed by atoms with van der Waals surface area (Å²) in [5.41, 5.74) is 3.16. The lowest BCUT2D eigenvalue weighted by Gasteiger charge is -2.64. The first-order valence-electron chi connectivity index (χ1n) is 13.1. The fourth-order valence-corrected chi connectivity index (χ4v) is 9.73. The van der Waals surface area contributed by atoms with Crippen molar-refractivity contribution in [3.05, 3.63) is 17.5 Å². The number of carbonyl (C=O) groups is 1. The normalized spacial score (nSPS) is 46.0. The maximum absolute atomic E-state index is 11.9. The third-order valence-electron chi connectivity index (χ3n) is 11.2. The molecule has 1 aromatic heterocycles. The van der Waals surface area contributed by atoms with Crippen LogP contribution in [0.2, 0.25) is 0 Å². The molecular weight excluding hydrogens is 400 g/mol. The number of fused-ring (bicyclic) bond motifs is 6. The summed E-state index contributed by atoms with van der Waals surface area (Å²) in [6.07, 6.45) is 10.9. The fourth-order valence-electron chi connectivity index (χ4n) is 9.73. The van der Waals surface area contributed by atoms with Crippen molar-refractivity contribution in [2.24, 2.45) is 52.3 Å². The molecule has 0 saturated heterocycles. The number of aliphatic hydroxyl groups excluding tert-OH is 1. The van der Waals surface area contributed by atoms with E-state index in [1.165, 1.54) is 36.9 Å². The Morgan fingerprint density at radius 1 is 1.22 bits per heavy atom. The van der Waals surface area contributed by atoms with Gasteiger partial charge in [0, 0.05) is 12.1 Å². The largest absolute Gasteiger partial charge is 0.481 e. The summed E-state index contributed by atoms with van der Waals surface area (Å²) in [5.74, 6) is 2.72. The standard InChI is InChI=1S/C27H42N2O3/c1-5-17-21-12-22-16(14-28-29-22)13-27(21,4)20-10-11-26(3)18(15(2)6-9-23(30)31)7-8-19(26)24(20)25(17)32/h14-15,17-21,24-25,32H,5-13H2,1-4H3,(H,28,29)(H,30,31)/t15-,17-,18-,19+,20+,21+,24+,25-,26-,27-/m1/s1. The summed E-state index contributed by atoms with van der Waals surface area (Å²) < 4.78 is 0. The Kier molecular flexibility index (Phi) is 5.51. The molecule has 0 amide bonds. The average Bonchev–Trinajstić information content (AvgIpc) is 3.34. The molecule has 5 rings (SSSR count). The summed E-state index contributed by atoms with van der Waals surface area (Å²) in [6, 6.07) is 0. The zero-order valence-electron chi connectivity index (χ0n) is 20.3. The molecule has 0 radical (unpaired) electrons. The van der Waals surface area contributed by atoms with Gasteiger partial charge in [-0.25, -0.2) is 0 Å². The van der Waals surface area contributed by atoms with Crippen molar-refractivity contribution in [2.45, 2.75) is 91.6 Å². The first-order valence-corrected chi connectivity index (χ1v) is 13.1. The number of nitrogens with one attached hydrogen (secondary N) is 1. The highest BCUT2D eigenvalue weighted by molar-refractivity contribution is 5.66. The van der Waals surface area contributed by atoms with E-state index in [9.17, 15) is 15.0 Å². The van der Waals surface area contributed by atoms with Gasteiger partial charge in [-0.2, -0.15) is 5.10 Å². The topological polar surface area (TPSA) is 86.2 Å². The molecule has 4 aliphatic carbocycles. The van der Waals surface area contributed by atoms with Crippen LogP contribution < -0.4 is 0 Å². The molecule has 10 atom stereocenters. The van der Waals surface area contributed by atoms with Crippen molar-refractivity contribution in [1.29, 1.82) is 0 Å². The fraction of sp³-hybridized carbons (Fsp3) is 0.852. The molecule has 3 fully saturated rings. The van der Waals surface area contributed by atoms with Crippen LogP contribution in [0.5, 0.6) is 0 Å². The van der Waals surface area contributed by atoms with Crippen LogP contribution in [-0.4, -0.2) is 32.5 Å². The molecule has 3 saturated carbocycles. The number of rotatable bonds is 5. The van der Waals surface area contributed by atoms with Crippen LogP contribution in [-0.2, 0) is 17.6 Å². The lowest BCUT2D eigenvalue weighted by Crippen LogP contribution is -2.62. The van der Waals surface area contributed by atoms with Gasteiger partial charge in [0.25, 0.3) is 0 Å². The van der Waals surface area contributed by atoms with Crippen LogP contribution >= 0.6 is 0 Å². The number of aliphatic hydroxyl groups is 1. The monoisotopic (exact) mass is 442 g/mol. The SMILES string of the molecule is CC[C@H]1[C@@H](O)[C@@H]2[C@H](CC[C@]3(C)[C@@H]([C@H](C)CCC(=O)O)CC[C@@H]23)[C@@]2(C)Cc3cn[nH]c3C[C@@H]12. The van der Waals surface area contributed by atoms with Crippen LogP contribution in [0.4, 0.5) is 0 Å². The third kappa shape index (κ3) is 3.13. The van der Waals surface area contributed by atoms with Gasteiger partial charge in [-0.05, 0) is 103 Å². The zero-order chi connectivity index (χ0) is 22.8. The van der Waals surface area contributed by atoms with E-state index in [1.54, 1.807) is 0 Å². The predicted molar refractivity (Wildman–Crippen MR) is 124 cm³/mol. The van der Waals surface area contributed by atoms with Gasteiger partial charge in [0.2, 0.25) is 0 Å². The van der Waals surface area contributed by atoms with Crippen molar-refractivity contribution < 1.29 is 15.0 Å². The van der Waals surface area contributed by atoms with E-state index in [2.05, 4.69) is 37.9 Å². The van der Waals surface area contributed by atoms with E-state index in [-0.39, 0.29) is 23.4 Å². The molecule has 5 heteroatoms. The molecule has 178 valence electrons. The molecular formula is C27H42N2O3. The Morgan fingerprint density at radius 2 is 1.97 bits per heavy atom. The molecule has 0 unspecified atom stereocenters. The van der Waals surface area contributed by atoms with E-state index >= 15 is 0 Å². The van der Waals surface area contributed by atoms with Gasteiger partial charge in [0.05, 0.1) is 12.3 Å². The Labute approximate surface area is 192 Å². The minimum Gasteiger partial charge on any atom is -0.481 e. The smallest absolute Gasteiger partial charge is 0.303 e. The lowest BCUT2D eigenvalue weighted by molar-refractivity contribution is -0.186. The lowest BCUT2D eigenvalue weighted by atomic mass is 9.41. The number of H-pyrrole nitrogens is 1. The molecule has 0 spiro atoms. The Morgan fingerprint density at radius 3 is 2.69 bits per heavy atom. The van der Waals surface area contributed by atoms with Gasteiger partial charge in [-0.3, -0.25) is 9.89 Å². The first kappa shape index (κ1) is 22.4. The number of hydrogen-bond donors (Lipinski definition) is 3. The molecule has 0 bridgehead atoms. The van der Waals surface area contributed by atoms with Crippen LogP contribution in [0, 0.1) is 52.3 Å². The van der Waals surface area contributed by atoms with Crippen LogP contribution in [0.25, 0.3) is 0 Å². The number of aromatic nitrogens is 2. The molecule has 5 nitrogen and oxygen atoms in total. The van der Waals surface area contributed by atoms with Crippen LogP contribution in [0.1, 0.15) is 83.9 Å². The third-order valence-corrected chi connectivity index (χ3v) is 11.2.